The Kier molecular flexibility index (Phi) is 4.51. The lowest BCUT2D eigenvalue weighted by Gasteiger charge is -2.46. The Morgan fingerprint density at radius 2 is 1.44 bits per heavy atom. The second-order valence-electron chi connectivity index (χ2n) is 10.4. The van der Waals surface area contributed by atoms with Gasteiger partial charge in [0, 0.05) is 22.5 Å². The first-order valence-corrected chi connectivity index (χ1v) is 12.1. The minimum Gasteiger partial charge on any atom is -0.497 e. The van der Waals surface area contributed by atoms with Crippen LogP contribution in [-0.4, -0.2) is 13.8 Å². The van der Waals surface area contributed by atoms with Crippen LogP contribution in [0.15, 0.2) is 72.8 Å². The average Bonchev–Trinajstić information content (AvgIpc) is 2.82. The van der Waals surface area contributed by atoms with Crippen LogP contribution in [0.3, 0.4) is 0 Å². The molecule has 0 amide bonds. The monoisotopic (exact) mass is 443 g/mol. The van der Waals surface area contributed by atoms with E-state index in [1.807, 2.05) is 0 Å². The summed E-state index contributed by atoms with van der Waals surface area (Å²) in [5.74, 6) is 0.922. The molecule has 0 radical (unpaired) electrons. The normalized spacial score (nSPS) is 14.9. The van der Waals surface area contributed by atoms with Crippen molar-refractivity contribution in [2.45, 2.75) is 40.0 Å². The highest BCUT2D eigenvalue weighted by Gasteiger charge is 2.46. The van der Waals surface area contributed by atoms with Crippen LogP contribution in [0.5, 0.6) is 5.75 Å². The van der Waals surface area contributed by atoms with Crippen molar-refractivity contribution in [2.24, 2.45) is 0 Å². The number of ether oxygens (including phenoxy) is 1. The van der Waals surface area contributed by atoms with Gasteiger partial charge in [-0.1, -0.05) is 66.8 Å². The van der Waals surface area contributed by atoms with Gasteiger partial charge in [-0.05, 0) is 84.8 Å². The third-order valence-electron chi connectivity index (χ3n) is 7.86. The van der Waals surface area contributed by atoms with Crippen LogP contribution >= 0.6 is 0 Å². The molecule has 0 atom stereocenters. The standard InChI is InChI=1S/C31H30BNO/c1-19-7-11-22(12-8-19)33-27-15-9-20(2)17-26(27)32-25-14-13-23(34-6)18-24(25)31(4,5)29-21(3)10-16-28(33)30(29)32/h7-18H,1-6H3. The maximum atomic E-state index is 5.66. The zero-order valence-corrected chi connectivity index (χ0v) is 20.9. The fourth-order valence-corrected chi connectivity index (χ4v) is 6.31. The van der Waals surface area contributed by atoms with E-state index in [9.17, 15) is 0 Å². The molecule has 0 N–H and O–H groups in total. The van der Waals surface area contributed by atoms with Crippen LogP contribution in [0.4, 0.5) is 17.1 Å². The van der Waals surface area contributed by atoms with Gasteiger partial charge in [-0.3, -0.25) is 0 Å². The summed E-state index contributed by atoms with van der Waals surface area (Å²) < 4.78 is 5.66. The van der Waals surface area contributed by atoms with E-state index in [1.54, 1.807) is 7.11 Å². The molecule has 0 spiro atoms. The summed E-state index contributed by atoms with van der Waals surface area (Å²) in [5, 5.41) is 0. The van der Waals surface area contributed by atoms with E-state index < -0.39 is 0 Å². The molecule has 0 unspecified atom stereocenters. The molecule has 34 heavy (non-hydrogen) atoms. The van der Waals surface area contributed by atoms with Gasteiger partial charge < -0.3 is 9.64 Å². The van der Waals surface area contributed by atoms with Crippen molar-refractivity contribution in [3.63, 3.8) is 0 Å². The van der Waals surface area contributed by atoms with Gasteiger partial charge in [0.1, 0.15) is 5.75 Å². The van der Waals surface area contributed by atoms with E-state index in [2.05, 4.69) is 112 Å². The molecule has 2 nitrogen and oxygen atoms in total. The van der Waals surface area contributed by atoms with Crippen LogP contribution in [0.25, 0.3) is 0 Å². The van der Waals surface area contributed by atoms with Gasteiger partial charge in [0.05, 0.1) is 7.11 Å². The number of benzene rings is 4. The number of hydrogen-bond donors (Lipinski definition) is 0. The Bertz CT molecular complexity index is 1450. The zero-order valence-electron chi connectivity index (χ0n) is 20.9. The number of aryl methyl sites for hydroxylation is 3. The lowest BCUT2D eigenvalue weighted by molar-refractivity contribution is 0.413. The van der Waals surface area contributed by atoms with E-state index in [4.69, 9.17) is 4.74 Å². The van der Waals surface area contributed by atoms with Gasteiger partial charge in [-0.15, -0.1) is 0 Å². The first-order valence-electron chi connectivity index (χ1n) is 12.1. The van der Waals surface area contributed by atoms with Gasteiger partial charge in [-0.25, -0.2) is 0 Å². The summed E-state index contributed by atoms with van der Waals surface area (Å²) in [6.07, 6.45) is 0. The Hall–Kier alpha value is -3.46. The highest BCUT2D eigenvalue weighted by atomic mass is 16.5. The Labute approximate surface area is 203 Å². The molecule has 0 fully saturated rings. The number of nitrogens with zero attached hydrogens (tertiary/aromatic N) is 1. The summed E-state index contributed by atoms with van der Waals surface area (Å²) >= 11 is 0. The number of methoxy groups -OCH3 is 1. The van der Waals surface area contributed by atoms with Gasteiger partial charge in [0.2, 0.25) is 6.71 Å². The summed E-state index contributed by atoms with van der Waals surface area (Å²) in [6, 6.07) is 27.2. The topological polar surface area (TPSA) is 12.5 Å². The Balaban J connectivity index is 1.74. The third kappa shape index (κ3) is 2.83. The van der Waals surface area contributed by atoms with E-state index >= 15 is 0 Å². The Morgan fingerprint density at radius 3 is 2.18 bits per heavy atom. The average molecular weight is 443 g/mol. The summed E-state index contributed by atoms with van der Waals surface area (Å²) in [5.41, 5.74) is 14.6. The van der Waals surface area contributed by atoms with Crippen LogP contribution in [-0.2, 0) is 5.41 Å². The first kappa shape index (κ1) is 21.1. The van der Waals surface area contributed by atoms with Gasteiger partial charge in [0.25, 0.3) is 0 Å². The molecule has 0 aromatic heterocycles. The van der Waals surface area contributed by atoms with E-state index in [0.717, 1.165) is 5.75 Å². The number of hydrogen-bond acceptors (Lipinski definition) is 2. The number of anilines is 3. The van der Waals surface area contributed by atoms with Crippen molar-refractivity contribution >= 4 is 40.2 Å². The molecule has 0 aliphatic carbocycles. The maximum Gasteiger partial charge on any atom is 0.247 e. The van der Waals surface area contributed by atoms with Crippen molar-refractivity contribution in [2.75, 3.05) is 12.0 Å². The third-order valence-corrected chi connectivity index (χ3v) is 7.86. The molecule has 6 rings (SSSR count). The molecule has 2 heterocycles. The molecule has 0 saturated heterocycles. The predicted octanol–water partition coefficient (Wildman–Crippen LogP) is 5.56. The van der Waals surface area contributed by atoms with Crippen LogP contribution in [0, 0.1) is 20.8 Å². The van der Waals surface area contributed by atoms with Crippen molar-refractivity contribution < 1.29 is 4.74 Å². The molecular formula is C31H30BNO. The maximum absolute atomic E-state index is 5.66. The van der Waals surface area contributed by atoms with Gasteiger partial charge in [-0.2, -0.15) is 0 Å². The molecule has 0 saturated carbocycles. The van der Waals surface area contributed by atoms with E-state index in [-0.39, 0.29) is 12.1 Å². The molecule has 4 aromatic carbocycles. The largest absolute Gasteiger partial charge is 0.497 e. The van der Waals surface area contributed by atoms with Crippen molar-refractivity contribution in [1.29, 1.82) is 0 Å². The molecule has 168 valence electrons. The highest BCUT2D eigenvalue weighted by Crippen LogP contribution is 2.44. The zero-order chi connectivity index (χ0) is 23.8. The summed E-state index contributed by atoms with van der Waals surface area (Å²) in [4.78, 5) is 2.47. The molecule has 2 aliphatic rings. The molecule has 0 bridgehead atoms. The minimum atomic E-state index is -0.129. The number of rotatable bonds is 2. The molecule has 3 heteroatoms. The molecule has 4 aromatic rings. The highest BCUT2D eigenvalue weighted by molar-refractivity contribution is 6.99. The Morgan fingerprint density at radius 1 is 0.735 bits per heavy atom. The SMILES string of the molecule is COc1ccc2c(c1)C(C)(C)c1c(C)ccc3c1B2c1cc(C)ccc1N3c1ccc(C)cc1. The summed E-state index contributed by atoms with van der Waals surface area (Å²) in [7, 11) is 1.76. The van der Waals surface area contributed by atoms with E-state index in [0.29, 0.717) is 0 Å². The molecular weight excluding hydrogens is 413 g/mol. The van der Waals surface area contributed by atoms with Crippen LogP contribution < -0.4 is 26.0 Å². The second-order valence-corrected chi connectivity index (χ2v) is 10.4. The van der Waals surface area contributed by atoms with Gasteiger partial charge in [0.15, 0.2) is 0 Å². The lowest BCUT2D eigenvalue weighted by atomic mass is 9.30. The smallest absolute Gasteiger partial charge is 0.247 e. The lowest BCUT2D eigenvalue weighted by Crippen LogP contribution is -2.64. The van der Waals surface area contributed by atoms with Crippen LogP contribution in [0.1, 0.15) is 41.7 Å². The quantitative estimate of drug-likeness (QED) is 0.331. The van der Waals surface area contributed by atoms with Crippen molar-refractivity contribution in [3.05, 3.63) is 101 Å². The first-order chi connectivity index (χ1) is 16.3. The number of fused-ring (bicyclic) bond motifs is 4. The van der Waals surface area contributed by atoms with E-state index in [1.165, 1.54) is 61.3 Å². The van der Waals surface area contributed by atoms with Crippen LogP contribution in [0.2, 0.25) is 0 Å². The second kappa shape index (κ2) is 7.27. The van der Waals surface area contributed by atoms with Crippen molar-refractivity contribution in [3.8, 4) is 5.75 Å². The minimum absolute atomic E-state index is 0.129. The van der Waals surface area contributed by atoms with Crippen molar-refractivity contribution in [1.82, 2.24) is 0 Å². The predicted molar refractivity (Wildman–Crippen MR) is 145 cm³/mol. The molecule has 2 aliphatic heterocycles. The van der Waals surface area contributed by atoms with Gasteiger partial charge >= 0.3 is 0 Å². The fraction of sp³-hybridized carbons (Fsp3) is 0.226. The fourth-order valence-electron chi connectivity index (χ4n) is 6.31. The summed E-state index contributed by atoms with van der Waals surface area (Å²) in [6.45, 7) is 11.6.